The van der Waals surface area contributed by atoms with Gasteiger partial charge in [-0.1, -0.05) is 41.4 Å². The fourth-order valence-corrected chi connectivity index (χ4v) is 6.86. The predicted molar refractivity (Wildman–Crippen MR) is 198 cm³/mol. The van der Waals surface area contributed by atoms with Gasteiger partial charge in [0, 0.05) is 67.8 Å². The average molecular weight is 717 g/mol. The molecule has 1 amide bonds. The van der Waals surface area contributed by atoms with E-state index in [9.17, 15) is 10.1 Å². The molecule has 2 aliphatic heterocycles. The Labute approximate surface area is 301 Å². The Bertz CT molecular complexity index is 2000. The Balaban J connectivity index is 1.39. The molecule has 0 bridgehead atoms. The highest BCUT2D eigenvalue weighted by molar-refractivity contribution is 6.36. The van der Waals surface area contributed by atoms with Crippen LogP contribution in [-0.2, 0) is 0 Å². The standard InChI is InChI=1S/C37H40Cl2FN9O/c1-37(2,3)48-14-12-26(13-15-48)49-21-31(45-46-49)34(22-8-6-9-23(16-22)36(50)47(4)5)43-25-17-27-33(44-30-11-7-10-28(38)32(30)40)24(19-41)20-42-35(27)29(39)18-25/h6-11,16-18,20-21,26,34,43,45-46H,12-15H2,1-5H3,(H,42,44)/t34-/m0/s1. The normalized spacial score (nSPS) is 16.1. The number of nitrogens with one attached hydrogen (secondary N) is 4. The molecular weight excluding hydrogens is 676 g/mol. The number of nitriles is 1. The van der Waals surface area contributed by atoms with Crippen molar-refractivity contribution >= 4 is 57.1 Å². The number of amides is 1. The number of nitrogens with zero attached hydrogens (tertiary/aromatic N) is 5. The van der Waals surface area contributed by atoms with Gasteiger partial charge in [-0.05, 0) is 75.6 Å². The Hall–Kier alpha value is -4.60. The molecule has 2 aliphatic rings. The van der Waals surface area contributed by atoms with E-state index < -0.39 is 11.9 Å². The molecule has 0 spiro atoms. The maximum atomic E-state index is 15.0. The Kier molecular flexibility index (Phi) is 10.1. The van der Waals surface area contributed by atoms with Crippen LogP contribution < -0.4 is 21.6 Å². The van der Waals surface area contributed by atoms with Gasteiger partial charge in [-0.15, -0.1) is 5.53 Å². The van der Waals surface area contributed by atoms with Crippen molar-refractivity contribution < 1.29 is 9.18 Å². The zero-order chi connectivity index (χ0) is 35.7. The summed E-state index contributed by atoms with van der Waals surface area (Å²) in [5, 5.41) is 19.6. The lowest BCUT2D eigenvalue weighted by atomic mass is 9.97. The van der Waals surface area contributed by atoms with E-state index in [-0.39, 0.29) is 33.8 Å². The molecule has 13 heteroatoms. The number of anilines is 3. The SMILES string of the molecule is CN(C)C(=O)c1cccc([C@H](Nc2cc(Cl)c3ncc(C#N)c(Nc4cccc(Cl)c4F)c3c2)C2=CN(C3CCN(C(C)(C)C)CC3)NN2)c1. The van der Waals surface area contributed by atoms with Crippen molar-refractivity contribution in [2.24, 2.45) is 0 Å². The Morgan fingerprint density at radius 1 is 1.10 bits per heavy atom. The number of hydrogen-bond acceptors (Lipinski definition) is 9. The summed E-state index contributed by atoms with van der Waals surface area (Å²) in [4.78, 5) is 21.5. The number of carbonyl (C=O) groups excluding carboxylic acids is 1. The number of piperidine rings is 1. The zero-order valence-electron chi connectivity index (χ0n) is 28.6. The van der Waals surface area contributed by atoms with E-state index >= 15 is 4.39 Å². The largest absolute Gasteiger partial charge is 0.373 e. The molecule has 50 heavy (non-hydrogen) atoms. The van der Waals surface area contributed by atoms with Gasteiger partial charge in [-0.25, -0.2) is 4.39 Å². The molecule has 1 atom stereocenters. The molecule has 0 unspecified atom stereocenters. The minimum Gasteiger partial charge on any atom is -0.373 e. The van der Waals surface area contributed by atoms with Crippen molar-refractivity contribution in [3.05, 3.63) is 105 Å². The quantitative estimate of drug-likeness (QED) is 0.147. The summed E-state index contributed by atoms with van der Waals surface area (Å²) in [6, 6.07) is 17.7. The van der Waals surface area contributed by atoms with Crippen molar-refractivity contribution in [2.75, 3.05) is 37.8 Å². The van der Waals surface area contributed by atoms with E-state index in [0.29, 0.717) is 32.9 Å². The maximum Gasteiger partial charge on any atom is 0.253 e. The molecule has 3 heterocycles. The third kappa shape index (κ3) is 7.30. The zero-order valence-corrected chi connectivity index (χ0v) is 30.1. The highest BCUT2D eigenvalue weighted by Crippen LogP contribution is 2.38. The summed E-state index contributed by atoms with van der Waals surface area (Å²) in [6.45, 7) is 8.73. The third-order valence-electron chi connectivity index (χ3n) is 9.17. The fourth-order valence-electron chi connectivity index (χ4n) is 6.42. The summed E-state index contributed by atoms with van der Waals surface area (Å²) in [6.07, 6.45) is 5.47. The molecule has 3 aromatic carbocycles. The number of fused-ring (bicyclic) bond motifs is 1. The number of hydrazine groups is 2. The minimum atomic E-state index is -0.643. The number of hydrogen-bond donors (Lipinski definition) is 4. The second-order valence-electron chi connectivity index (χ2n) is 13.8. The third-order valence-corrected chi connectivity index (χ3v) is 9.75. The fraction of sp³-hybridized carbons (Fsp3) is 0.324. The Morgan fingerprint density at radius 3 is 2.54 bits per heavy atom. The number of aromatic nitrogens is 1. The molecule has 0 aliphatic carbocycles. The number of benzene rings is 3. The summed E-state index contributed by atoms with van der Waals surface area (Å²) < 4.78 is 15.0. The van der Waals surface area contributed by atoms with Crippen molar-refractivity contribution in [3.8, 4) is 6.07 Å². The predicted octanol–water partition coefficient (Wildman–Crippen LogP) is 7.58. The van der Waals surface area contributed by atoms with Crippen LogP contribution in [0.2, 0.25) is 10.0 Å². The van der Waals surface area contributed by atoms with E-state index in [2.05, 4.69) is 69.5 Å². The molecule has 0 radical (unpaired) electrons. The highest BCUT2D eigenvalue weighted by atomic mass is 35.5. The Morgan fingerprint density at radius 2 is 1.84 bits per heavy atom. The van der Waals surface area contributed by atoms with Gasteiger partial charge in [0.05, 0.1) is 44.2 Å². The molecule has 10 nitrogen and oxygen atoms in total. The molecule has 4 aromatic rings. The van der Waals surface area contributed by atoms with Gasteiger partial charge in [0.2, 0.25) is 0 Å². The van der Waals surface area contributed by atoms with Crippen molar-refractivity contribution in [1.82, 2.24) is 30.8 Å². The average Bonchev–Trinajstić information content (AvgIpc) is 3.59. The monoisotopic (exact) mass is 715 g/mol. The van der Waals surface area contributed by atoms with Crippen LogP contribution in [0.25, 0.3) is 10.9 Å². The first-order chi connectivity index (χ1) is 23.8. The number of likely N-dealkylation sites (tertiary alicyclic amines) is 1. The smallest absolute Gasteiger partial charge is 0.253 e. The molecule has 6 rings (SSSR count). The van der Waals surface area contributed by atoms with Crippen molar-refractivity contribution in [2.45, 2.75) is 51.2 Å². The maximum absolute atomic E-state index is 15.0. The lowest BCUT2D eigenvalue weighted by Gasteiger charge is -2.42. The van der Waals surface area contributed by atoms with Crippen LogP contribution in [0, 0.1) is 17.1 Å². The van der Waals surface area contributed by atoms with Gasteiger partial charge in [0.1, 0.15) is 6.07 Å². The molecule has 0 saturated carbocycles. The topological polar surface area (TPSA) is 112 Å². The van der Waals surface area contributed by atoms with Gasteiger partial charge < -0.3 is 21.0 Å². The molecule has 1 saturated heterocycles. The minimum absolute atomic E-state index is 0.0511. The van der Waals surface area contributed by atoms with Crippen LogP contribution in [0.1, 0.15) is 61.1 Å². The first-order valence-electron chi connectivity index (χ1n) is 16.4. The first kappa shape index (κ1) is 35.2. The molecule has 1 fully saturated rings. The van der Waals surface area contributed by atoms with Crippen LogP contribution in [0.15, 0.2) is 72.7 Å². The van der Waals surface area contributed by atoms with Gasteiger partial charge in [-0.3, -0.25) is 19.7 Å². The summed E-state index contributed by atoms with van der Waals surface area (Å²) in [5.74, 6) is -0.756. The van der Waals surface area contributed by atoms with E-state index in [1.165, 1.54) is 12.3 Å². The molecular formula is C37H40Cl2FN9O. The van der Waals surface area contributed by atoms with Gasteiger partial charge in [-0.2, -0.15) is 5.26 Å². The van der Waals surface area contributed by atoms with Crippen molar-refractivity contribution in [1.29, 1.82) is 5.26 Å². The summed E-state index contributed by atoms with van der Waals surface area (Å²) in [7, 11) is 3.44. The van der Waals surface area contributed by atoms with Gasteiger partial charge in [0.15, 0.2) is 5.82 Å². The lowest BCUT2D eigenvalue weighted by molar-refractivity contribution is 0.0570. The highest BCUT2D eigenvalue weighted by Gasteiger charge is 2.32. The molecule has 1 aromatic heterocycles. The number of carbonyl (C=O) groups is 1. The van der Waals surface area contributed by atoms with Crippen molar-refractivity contribution in [3.63, 3.8) is 0 Å². The van der Waals surface area contributed by atoms with E-state index in [1.54, 1.807) is 43.3 Å². The van der Waals surface area contributed by atoms with Crippen LogP contribution >= 0.6 is 23.2 Å². The van der Waals surface area contributed by atoms with Crippen LogP contribution in [0.3, 0.4) is 0 Å². The van der Waals surface area contributed by atoms with Gasteiger partial charge >= 0.3 is 0 Å². The van der Waals surface area contributed by atoms with Gasteiger partial charge in [0.25, 0.3) is 5.91 Å². The van der Waals surface area contributed by atoms with E-state index in [4.69, 9.17) is 23.2 Å². The second-order valence-corrected chi connectivity index (χ2v) is 14.6. The molecule has 260 valence electrons. The lowest BCUT2D eigenvalue weighted by Crippen LogP contribution is -2.52. The summed E-state index contributed by atoms with van der Waals surface area (Å²) >= 11 is 12.9. The molecule has 4 N–H and O–H groups in total. The van der Waals surface area contributed by atoms with Crippen LogP contribution in [0.5, 0.6) is 0 Å². The van der Waals surface area contributed by atoms with E-state index in [0.717, 1.165) is 37.2 Å². The number of pyridine rings is 1. The summed E-state index contributed by atoms with van der Waals surface area (Å²) in [5.41, 5.74) is 10.8. The second kappa shape index (κ2) is 14.3. The number of halogens is 3. The van der Waals surface area contributed by atoms with E-state index in [1.807, 2.05) is 24.3 Å². The first-order valence-corrected chi connectivity index (χ1v) is 17.2. The number of rotatable bonds is 8. The van der Waals surface area contributed by atoms with Crippen LogP contribution in [0.4, 0.5) is 21.5 Å². The van der Waals surface area contributed by atoms with Crippen LogP contribution in [-0.4, -0.2) is 64.5 Å².